The lowest BCUT2D eigenvalue weighted by Gasteiger charge is -2.10. The van der Waals surface area contributed by atoms with E-state index in [2.05, 4.69) is 17.6 Å². The van der Waals surface area contributed by atoms with Crippen LogP contribution in [0, 0.1) is 6.92 Å². The molecule has 0 unspecified atom stereocenters. The zero-order valence-corrected chi connectivity index (χ0v) is 13.0. The molecule has 1 amide bonds. The van der Waals surface area contributed by atoms with Crippen LogP contribution in [0.3, 0.4) is 0 Å². The first kappa shape index (κ1) is 15.4. The second-order valence-corrected chi connectivity index (χ2v) is 5.41. The van der Waals surface area contributed by atoms with Gasteiger partial charge in [0.25, 0.3) is 0 Å². The number of aryl methyl sites for hydroxylation is 1. The molecule has 0 aliphatic heterocycles. The molecule has 0 atom stereocenters. The third-order valence-corrected chi connectivity index (χ3v) is 3.62. The summed E-state index contributed by atoms with van der Waals surface area (Å²) in [4.78, 5) is 11.3. The molecular formula is C17H19ClN2O. The van der Waals surface area contributed by atoms with E-state index in [1.165, 1.54) is 11.1 Å². The van der Waals surface area contributed by atoms with Crippen molar-refractivity contribution >= 4 is 23.2 Å². The highest BCUT2D eigenvalue weighted by Gasteiger charge is 2.02. The first-order chi connectivity index (χ1) is 10.1. The number of likely N-dealkylation sites (N-methyl/N-ethyl adjacent to an activating group) is 1. The lowest BCUT2D eigenvalue weighted by atomic mass is 10.1. The number of halogens is 1. The van der Waals surface area contributed by atoms with Gasteiger partial charge in [-0.05, 0) is 47.9 Å². The Bertz CT molecular complexity index is 623. The van der Waals surface area contributed by atoms with E-state index in [4.69, 9.17) is 11.6 Å². The molecule has 0 heterocycles. The molecule has 110 valence electrons. The van der Waals surface area contributed by atoms with Crippen LogP contribution in [0.25, 0.3) is 0 Å². The fraction of sp³-hybridized carbons (Fsp3) is 0.235. The first-order valence-electron chi connectivity index (χ1n) is 6.87. The second kappa shape index (κ2) is 7.14. The normalized spacial score (nSPS) is 10.2. The van der Waals surface area contributed by atoms with Gasteiger partial charge in [0.15, 0.2) is 0 Å². The maximum absolute atomic E-state index is 11.3. The summed E-state index contributed by atoms with van der Waals surface area (Å²) in [5, 5.41) is 6.75. The van der Waals surface area contributed by atoms with Gasteiger partial charge in [0, 0.05) is 24.3 Å². The van der Waals surface area contributed by atoms with Crippen molar-refractivity contribution in [2.45, 2.75) is 19.9 Å². The van der Waals surface area contributed by atoms with Crippen LogP contribution in [-0.4, -0.2) is 13.0 Å². The number of benzene rings is 2. The largest absolute Gasteiger partial charge is 0.381 e. The number of nitrogens with one attached hydrogen (secondary N) is 2. The van der Waals surface area contributed by atoms with E-state index in [0.717, 1.165) is 22.8 Å². The lowest BCUT2D eigenvalue weighted by molar-refractivity contribution is -0.119. The highest BCUT2D eigenvalue weighted by Crippen LogP contribution is 2.17. The average molecular weight is 303 g/mol. The van der Waals surface area contributed by atoms with Crippen molar-refractivity contribution in [2.75, 3.05) is 12.4 Å². The van der Waals surface area contributed by atoms with Crippen LogP contribution in [0.4, 0.5) is 5.69 Å². The van der Waals surface area contributed by atoms with Gasteiger partial charge in [0.2, 0.25) is 5.91 Å². The predicted molar refractivity (Wildman–Crippen MR) is 87.7 cm³/mol. The van der Waals surface area contributed by atoms with Crippen LogP contribution in [-0.2, 0) is 17.8 Å². The fourth-order valence-corrected chi connectivity index (χ4v) is 2.30. The molecule has 0 aliphatic rings. The molecule has 0 saturated heterocycles. The van der Waals surface area contributed by atoms with Gasteiger partial charge in [-0.2, -0.15) is 0 Å². The maximum Gasteiger partial charge on any atom is 0.224 e. The van der Waals surface area contributed by atoms with E-state index < -0.39 is 0 Å². The zero-order valence-electron chi connectivity index (χ0n) is 12.2. The smallest absolute Gasteiger partial charge is 0.224 e. The second-order valence-electron chi connectivity index (χ2n) is 4.97. The van der Waals surface area contributed by atoms with E-state index in [1.54, 1.807) is 7.05 Å². The van der Waals surface area contributed by atoms with Crippen LogP contribution < -0.4 is 10.6 Å². The standard InChI is InChI=1S/C17H19ClN2O/c1-12-9-15(18)6-5-14(12)11-20-16-7-3-13(4-8-16)10-17(21)19-2/h3-9,20H,10-11H2,1-2H3,(H,19,21). The van der Waals surface area contributed by atoms with Crippen LogP contribution in [0.5, 0.6) is 0 Å². The Morgan fingerprint density at radius 3 is 2.48 bits per heavy atom. The number of hydrogen-bond acceptors (Lipinski definition) is 2. The molecule has 0 bridgehead atoms. The Kier molecular flexibility index (Phi) is 5.23. The summed E-state index contributed by atoms with van der Waals surface area (Å²) >= 11 is 5.95. The van der Waals surface area contributed by atoms with Crippen molar-refractivity contribution < 1.29 is 4.79 Å². The molecule has 0 radical (unpaired) electrons. The lowest BCUT2D eigenvalue weighted by Crippen LogP contribution is -2.19. The van der Waals surface area contributed by atoms with Crippen molar-refractivity contribution in [3.05, 3.63) is 64.2 Å². The van der Waals surface area contributed by atoms with E-state index in [0.29, 0.717) is 6.42 Å². The SMILES string of the molecule is CNC(=O)Cc1ccc(NCc2ccc(Cl)cc2C)cc1. The molecular weight excluding hydrogens is 284 g/mol. The number of amides is 1. The number of carbonyl (C=O) groups excluding carboxylic acids is 1. The van der Waals surface area contributed by atoms with Gasteiger partial charge in [-0.1, -0.05) is 29.8 Å². The van der Waals surface area contributed by atoms with Gasteiger partial charge in [-0.3, -0.25) is 4.79 Å². The highest BCUT2D eigenvalue weighted by molar-refractivity contribution is 6.30. The van der Waals surface area contributed by atoms with E-state index in [-0.39, 0.29) is 5.91 Å². The Morgan fingerprint density at radius 2 is 1.86 bits per heavy atom. The van der Waals surface area contributed by atoms with Crippen molar-refractivity contribution in [1.82, 2.24) is 5.32 Å². The summed E-state index contributed by atoms with van der Waals surface area (Å²) in [5.74, 6) is 0.0208. The van der Waals surface area contributed by atoms with E-state index in [1.807, 2.05) is 42.5 Å². The molecule has 21 heavy (non-hydrogen) atoms. The number of hydrogen-bond donors (Lipinski definition) is 2. The van der Waals surface area contributed by atoms with Gasteiger partial charge in [0.05, 0.1) is 6.42 Å². The van der Waals surface area contributed by atoms with Gasteiger partial charge >= 0.3 is 0 Å². The Morgan fingerprint density at radius 1 is 1.14 bits per heavy atom. The molecule has 0 aromatic heterocycles. The van der Waals surface area contributed by atoms with Crippen molar-refractivity contribution in [1.29, 1.82) is 0 Å². The van der Waals surface area contributed by atoms with Crippen LogP contribution in [0.15, 0.2) is 42.5 Å². The summed E-state index contributed by atoms with van der Waals surface area (Å²) in [5.41, 5.74) is 4.42. The average Bonchev–Trinajstić information content (AvgIpc) is 2.48. The summed E-state index contributed by atoms with van der Waals surface area (Å²) in [6, 6.07) is 13.8. The minimum atomic E-state index is 0.0208. The molecule has 2 rings (SSSR count). The summed E-state index contributed by atoms with van der Waals surface area (Å²) < 4.78 is 0. The molecule has 0 fully saturated rings. The Labute approximate surface area is 130 Å². The first-order valence-corrected chi connectivity index (χ1v) is 7.24. The monoisotopic (exact) mass is 302 g/mol. The van der Waals surface area contributed by atoms with E-state index >= 15 is 0 Å². The summed E-state index contributed by atoms with van der Waals surface area (Å²) in [7, 11) is 1.65. The number of rotatable bonds is 5. The van der Waals surface area contributed by atoms with Crippen LogP contribution in [0.1, 0.15) is 16.7 Å². The van der Waals surface area contributed by atoms with Crippen molar-refractivity contribution in [3.63, 3.8) is 0 Å². The highest BCUT2D eigenvalue weighted by atomic mass is 35.5. The zero-order chi connectivity index (χ0) is 15.2. The maximum atomic E-state index is 11.3. The van der Waals surface area contributed by atoms with Crippen molar-refractivity contribution in [2.24, 2.45) is 0 Å². The Hall–Kier alpha value is -2.00. The van der Waals surface area contributed by atoms with Crippen LogP contribution in [0.2, 0.25) is 5.02 Å². The molecule has 0 spiro atoms. The fourth-order valence-electron chi connectivity index (χ4n) is 2.07. The number of carbonyl (C=O) groups is 1. The van der Waals surface area contributed by atoms with Crippen molar-refractivity contribution in [3.8, 4) is 0 Å². The van der Waals surface area contributed by atoms with Gasteiger partial charge in [0.1, 0.15) is 0 Å². The minimum Gasteiger partial charge on any atom is -0.381 e. The topological polar surface area (TPSA) is 41.1 Å². The molecule has 0 saturated carbocycles. The predicted octanol–water partition coefficient (Wildman–Crippen LogP) is 3.55. The third kappa shape index (κ3) is 4.50. The van der Waals surface area contributed by atoms with Gasteiger partial charge < -0.3 is 10.6 Å². The number of anilines is 1. The quantitative estimate of drug-likeness (QED) is 0.887. The van der Waals surface area contributed by atoms with Crippen LogP contribution >= 0.6 is 11.6 Å². The Balaban J connectivity index is 1.96. The van der Waals surface area contributed by atoms with Gasteiger partial charge in [-0.25, -0.2) is 0 Å². The molecule has 4 heteroatoms. The molecule has 2 N–H and O–H groups in total. The molecule has 3 nitrogen and oxygen atoms in total. The summed E-state index contributed by atoms with van der Waals surface area (Å²) in [6.07, 6.45) is 0.410. The molecule has 2 aromatic carbocycles. The third-order valence-electron chi connectivity index (χ3n) is 3.39. The molecule has 2 aromatic rings. The summed E-state index contributed by atoms with van der Waals surface area (Å²) in [6.45, 7) is 2.80. The molecule has 0 aliphatic carbocycles. The minimum absolute atomic E-state index is 0.0208. The van der Waals surface area contributed by atoms with E-state index in [9.17, 15) is 4.79 Å². The van der Waals surface area contributed by atoms with Gasteiger partial charge in [-0.15, -0.1) is 0 Å².